The van der Waals surface area contributed by atoms with Crippen molar-refractivity contribution in [2.45, 2.75) is 0 Å². The maximum atomic E-state index is 11.9. The molecule has 0 saturated carbocycles. The summed E-state index contributed by atoms with van der Waals surface area (Å²) in [7, 11) is 0. The lowest BCUT2D eigenvalue weighted by Gasteiger charge is -2.11. The first kappa shape index (κ1) is 20.0. The summed E-state index contributed by atoms with van der Waals surface area (Å²) in [5.74, 6) is -0.171. The van der Waals surface area contributed by atoms with Crippen molar-refractivity contribution in [1.29, 1.82) is 0 Å². The Balaban J connectivity index is 1.59. The third-order valence-corrected chi connectivity index (χ3v) is 4.70. The molecule has 4 aromatic rings. The highest BCUT2D eigenvalue weighted by Gasteiger charge is 2.12. The van der Waals surface area contributed by atoms with Gasteiger partial charge >= 0.3 is 0 Å². The number of amides is 2. The molecule has 0 saturated heterocycles. The van der Waals surface area contributed by atoms with Crippen LogP contribution >= 0.6 is 0 Å². The van der Waals surface area contributed by atoms with E-state index in [9.17, 15) is 9.59 Å². The number of benzene rings is 2. The summed E-state index contributed by atoms with van der Waals surface area (Å²) in [5, 5.41) is 14.6. The number of fused-ring (bicyclic) bond motifs is 1. The Hall–Kier alpha value is -4.24. The van der Waals surface area contributed by atoms with Crippen LogP contribution in [0.3, 0.4) is 0 Å². The number of primary amides is 1. The molecule has 0 aliphatic carbocycles. The number of nitrogens with two attached hydrogens (primary N) is 1. The Kier molecular flexibility index (Phi) is 5.59. The van der Waals surface area contributed by atoms with Crippen LogP contribution in [0.15, 0.2) is 67.1 Å². The van der Waals surface area contributed by atoms with Gasteiger partial charge < -0.3 is 21.5 Å². The van der Waals surface area contributed by atoms with Crippen LogP contribution < -0.4 is 16.4 Å². The fourth-order valence-corrected chi connectivity index (χ4v) is 3.14. The molecule has 0 bridgehead atoms. The van der Waals surface area contributed by atoms with Gasteiger partial charge in [0.25, 0.3) is 5.91 Å². The molecule has 0 unspecified atom stereocenters. The molecular weight excluding hydrogens is 396 g/mol. The van der Waals surface area contributed by atoms with Gasteiger partial charge in [-0.2, -0.15) is 0 Å². The molecule has 0 aliphatic heterocycles. The van der Waals surface area contributed by atoms with Crippen molar-refractivity contribution in [3.63, 3.8) is 0 Å². The predicted octanol–water partition coefficient (Wildman–Crippen LogP) is 1.96. The summed E-state index contributed by atoms with van der Waals surface area (Å²) in [5.41, 5.74) is 9.29. The fourth-order valence-electron chi connectivity index (χ4n) is 3.14. The van der Waals surface area contributed by atoms with Crippen LogP contribution in [0, 0.1) is 0 Å². The maximum absolute atomic E-state index is 11.9. The number of anilines is 2. The minimum absolute atomic E-state index is 0.108. The number of nitrogens with zero attached hydrogens (tertiary/aromatic N) is 3. The zero-order valence-corrected chi connectivity index (χ0v) is 16.4. The number of hydrogen-bond acceptors (Lipinski definition) is 6. The number of rotatable bonds is 7. The van der Waals surface area contributed by atoms with Crippen molar-refractivity contribution < 1.29 is 14.7 Å². The Morgan fingerprint density at radius 1 is 1.00 bits per heavy atom. The third kappa shape index (κ3) is 4.21. The highest BCUT2D eigenvalue weighted by atomic mass is 16.3. The molecule has 9 heteroatoms. The standard InChI is InChI=1S/C22H20N6O3/c23-19(30)15-3-1-14(2-4-15)18-13-26-20(21-24-9-11-28(18)21)27-17-7-5-16(6-8-17)22(31)25-10-12-29/h1-9,11,13,29H,10,12H2,(H2,23,30)(H,25,31)(H,26,27). The van der Waals surface area contributed by atoms with E-state index in [1.54, 1.807) is 48.8 Å². The van der Waals surface area contributed by atoms with Crippen LogP contribution in [0.4, 0.5) is 11.5 Å². The number of nitrogens with one attached hydrogen (secondary N) is 2. The average Bonchev–Trinajstić information content (AvgIpc) is 3.29. The van der Waals surface area contributed by atoms with Crippen molar-refractivity contribution in [2.75, 3.05) is 18.5 Å². The number of hydrogen-bond donors (Lipinski definition) is 4. The predicted molar refractivity (Wildman–Crippen MR) is 116 cm³/mol. The molecule has 2 aromatic heterocycles. The molecule has 156 valence electrons. The first-order valence-corrected chi connectivity index (χ1v) is 9.55. The van der Waals surface area contributed by atoms with E-state index in [0.29, 0.717) is 22.6 Å². The molecule has 2 aromatic carbocycles. The molecule has 0 aliphatic rings. The lowest BCUT2D eigenvalue weighted by atomic mass is 10.1. The van der Waals surface area contributed by atoms with E-state index in [4.69, 9.17) is 10.8 Å². The number of carbonyl (C=O) groups excluding carboxylic acids is 2. The smallest absolute Gasteiger partial charge is 0.251 e. The highest BCUT2D eigenvalue weighted by molar-refractivity contribution is 5.94. The Morgan fingerprint density at radius 2 is 1.71 bits per heavy atom. The molecule has 4 rings (SSSR count). The van der Waals surface area contributed by atoms with E-state index >= 15 is 0 Å². The van der Waals surface area contributed by atoms with Gasteiger partial charge in [0, 0.05) is 41.3 Å². The van der Waals surface area contributed by atoms with Gasteiger partial charge in [0.05, 0.1) is 18.5 Å². The topological polar surface area (TPSA) is 135 Å². The fraction of sp³-hybridized carbons (Fsp3) is 0.0909. The van der Waals surface area contributed by atoms with Crippen molar-refractivity contribution in [1.82, 2.24) is 19.7 Å². The number of carbonyl (C=O) groups is 2. The molecular formula is C22H20N6O3. The molecule has 2 amide bonds. The van der Waals surface area contributed by atoms with Gasteiger partial charge in [0.1, 0.15) is 0 Å². The lowest BCUT2D eigenvalue weighted by molar-refractivity contribution is 0.0943. The molecule has 31 heavy (non-hydrogen) atoms. The van der Waals surface area contributed by atoms with Gasteiger partial charge in [0.15, 0.2) is 11.5 Å². The Labute approximate surface area is 177 Å². The van der Waals surface area contributed by atoms with Crippen LogP contribution in [0.1, 0.15) is 20.7 Å². The molecule has 0 fully saturated rings. The Bertz CT molecular complexity index is 1230. The SMILES string of the molecule is NC(=O)c1ccc(-c2cnc(Nc3ccc(C(=O)NCCO)cc3)c3nccn23)cc1. The van der Waals surface area contributed by atoms with Crippen molar-refractivity contribution in [2.24, 2.45) is 5.73 Å². The van der Waals surface area contributed by atoms with E-state index in [0.717, 1.165) is 16.9 Å². The van der Waals surface area contributed by atoms with Gasteiger partial charge in [-0.25, -0.2) is 9.97 Å². The van der Waals surface area contributed by atoms with E-state index in [2.05, 4.69) is 20.6 Å². The number of aliphatic hydroxyl groups is 1. The molecule has 0 spiro atoms. The zero-order chi connectivity index (χ0) is 21.8. The van der Waals surface area contributed by atoms with Gasteiger partial charge in [-0.15, -0.1) is 0 Å². The molecule has 5 N–H and O–H groups in total. The van der Waals surface area contributed by atoms with Crippen molar-refractivity contribution >= 4 is 29.0 Å². The second-order valence-corrected chi connectivity index (χ2v) is 6.74. The second kappa shape index (κ2) is 8.64. The van der Waals surface area contributed by atoms with Crippen LogP contribution in [0.2, 0.25) is 0 Å². The first-order chi connectivity index (χ1) is 15.1. The normalized spacial score (nSPS) is 10.7. The molecule has 2 heterocycles. The van der Waals surface area contributed by atoms with Gasteiger partial charge in [-0.05, 0) is 36.4 Å². The summed E-state index contributed by atoms with van der Waals surface area (Å²) in [6, 6.07) is 13.9. The van der Waals surface area contributed by atoms with Crippen LogP contribution in [0.25, 0.3) is 16.9 Å². The van der Waals surface area contributed by atoms with Gasteiger partial charge in [-0.3, -0.25) is 14.0 Å². The summed E-state index contributed by atoms with van der Waals surface area (Å²) in [6.45, 7) is 0.0981. The molecule has 9 nitrogen and oxygen atoms in total. The average molecular weight is 416 g/mol. The summed E-state index contributed by atoms with van der Waals surface area (Å²) in [6.07, 6.45) is 5.22. The number of imidazole rings is 1. The molecule has 0 radical (unpaired) electrons. The second-order valence-electron chi connectivity index (χ2n) is 6.74. The van der Waals surface area contributed by atoms with Gasteiger partial charge in [-0.1, -0.05) is 12.1 Å². The summed E-state index contributed by atoms with van der Waals surface area (Å²) >= 11 is 0. The monoisotopic (exact) mass is 416 g/mol. The minimum Gasteiger partial charge on any atom is -0.395 e. The third-order valence-electron chi connectivity index (χ3n) is 4.70. The minimum atomic E-state index is -0.478. The number of aromatic nitrogens is 3. The highest BCUT2D eigenvalue weighted by Crippen LogP contribution is 2.25. The van der Waals surface area contributed by atoms with Crippen molar-refractivity contribution in [3.8, 4) is 11.3 Å². The lowest BCUT2D eigenvalue weighted by Crippen LogP contribution is -2.26. The van der Waals surface area contributed by atoms with Crippen molar-refractivity contribution in [3.05, 3.63) is 78.2 Å². The van der Waals surface area contributed by atoms with E-state index < -0.39 is 5.91 Å². The summed E-state index contributed by atoms with van der Waals surface area (Å²) in [4.78, 5) is 32.2. The molecule has 0 atom stereocenters. The van der Waals surface area contributed by atoms with Crippen LogP contribution in [-0.2, 0) is 0 Å². The van der Waals surface area contributed by atoms with E-state index in [1.807, 2.05) is 22.7 Å². The maximum Gasteiger partial charge on any atom is 0.251 e. The first-order valence-electron chi connectivity index (χ1n) is 9.55. The largest absolute Gasteiger partial charge is 0.395 e. The zero-order valence-electron chi connectivity index (χ0n) is 16.4. The summed E-state index contributed by atoms with van der Waals surface area (Å²) < 4.78 is 1.89. The Morgan fingerprint density at radius 3 is 2.39 bits per heavy atom. The van der Waals surface area contributed by atoms with Crippen LogP contribution in [0.5, 0.6) is 0 Å². The number of aliphatic hydroxyl groups excluding tert-OH is 1. The quantitative estimate of drug-likeness (QED) is 0.364. The van der Waals surface area contributed by atoms with E-state index in [1.165, 1.54) is 0 Å². The van der Waals surface area contributed by atoms with Crippen LogP contribution in [-0.4, -0.2) is 44.4 Å². The van der Waals surface area contributed by atoms with Gasteiger partial charge in [0.2, 0.25) is 5.91 Å². The van der Waals surface area contributed by atoms with E-state index in [-0.39, 0.29) is 19.1 Å².